The topological polar surface area (TPSA) is 34.1 Å². The first kappa shape index (κ1) is 15.0. The van der Waals surface area contributed by atoms with Crippen LogP contribution in [0.4, 0.5) is 0 Å². The Morgan fingerprint density at radius 2 is 2.00 bits per heavy atom. The van der Waals surface area contributed by atoms with E-state index in [1.165, 1.54) is 17.5 Å². The molecule has 1 aliphatic carbocycles. The van der Waals surface area contributed by atoms with Crippen molar-refractivity contribution < 1.29 is 4.74 Å². The molecule has 2 aromatic rings. The van der Waals surface area contributed by atoms with E-state index in [4.69, 9.17) is 4.74 Å². The number of nitrogens with one attached hydrogen (secondary N) is 1. The van der Waals surface area contributed by atoms with Gasteiger partial charge in [-0.05, 0) is 34.9 Å². The van der Waals surface area contributed by atoms with Gasteiger partial charge in [-0.2, -0.15) is 0 Å². The molecule has 1 saturated carbocycles. The molecule has 22 heavy (non-hydrogen) atoms. The van der Waals surface area contributed by atoms with E-state index in [1.807, 2.05) is 12.1 Å². The van der Waals surface area contributed by atoms with Crippen molar-refractivity contribution in [1.82, 2.24) is 10.3 Å². The molecule has 1 heterocycles. The first-order valence-corrected chi connectivity index (χ1v) is 7.88. The molecular formula is C19H24N2O. The van der Waals surface area contributed by atoms with Gasteiger partial charge < -0.3 is 10.1 Å². The molecular weight excluding hydrogens is 272 g/mol. The van der Waals surface area contributed by atoms with Gasteiger partial charge in [0.15, 0.2) is 0 Å². The number of benzene rings is 1. The Bertz CT molecular complexity index is 624. The molecule has 0 aliphatic heterocycles. The summed E-state index contributed by atoms with van der Waals surface area (Å²) in [6, 6.07) is 15.4. The van der Waals surface area contributed by atoms with E-state index < -0.39 is 0 Å². The number of hydrogen-bond acceptors (Lipinski definition) is 3. The maximum Gasteiger partial charge on any atom is 0.213 e. The van der Waals surface area contributed by atoms with E-state index >= 15 is 0 Å². The molecule has 116 valence electrons. The summed E-state index contributed by atoms with van der Waals surface area (Å²) >= 11 is 0. The zero-order valence-corrected chi connectivity index (χ0v) is 13.5. The molecule has 3 heteroatoms. The molecule has 3 rings (SSSR count). The molecule has 1 fully saturated rings. The molecule has 0 saturated heterocycles. The molecule has 2 atom stereocenters. The minimum atomic E-state index is 0.276. The number of aromatic nitrogens is 1. The summed E-state index contributed by atoms with van der Waals surface area (Å²) < 4.78 is 5.18. The fraction of sp³-hybridized carbons (Fsp3) is 0.421. The van der Waals surface area contributed by atoms with E-state index in [2.05, 4.69) is 54.5 Å². The van der Waals surface area contributed by atoms with Crippen LogP contribution in [-0.4, -0.2) is 18.1 Å². The van der Waals surface area contributed by atoms with Crippen molar-refractivity contribution >= 4 is 0 Å². The Morgan fingerprint density at radius 3 is 2.68 bits per heavy atom. The summed E-state index contributed by atoms with van der Waals surface area (Å²) in [5.74, 6) is 1.31. The maximum atomic E-state index is 5.18. The summed E-state index contributed by atoms with van der Waals surface area (Å²) in [6.45, 7) is 5.58. The van der Waals surface area contributed by atoms with Crippen molar-refractivity contribution in [1.29, 1.82) is 0 Å². The SMILES string of the molecule is COc1cc(CNC2CC(c3ccccc3)C2(C)C)ccn1. The normalized spacial score (nSPS) is 22.9. The molecule has 1 aromatic heterocycles. The van der Waals surface area contributed by atoms with Gasteiger partial charge in [0, 0.05) is 24.8 Å². The third-order valence-corrected chi connectivity index (χ3v) is 5.03. The van der Waals surface area contributed by atoms with Gasteiger partial charge in [-0.25, -0.2) is 4.98 Å². The van der Waals surface area contributed by atoms with Crippen LogP contribution >= 0.6 is 0 Å². The minimum Gasteiger partial charge on any atom is -0.481 e. The fourth-order valence-corrected chi connectivity index (χ4v) is 3.44. The van der Waals surface area contributed by atoms with E-state index in [9.17, 15) is 0 Å². The summed E-state index contributed by atoms with van der Waals surface area (Å²) in [5, 5.41) is 3.69. The molecule has 0 bridgehead atoms. The van der Waals surface area contributed by atoms with Crippen molar-refractivity contribution in [3.05, 3.63) is 59.8 Å². The second-order valence-electron chi connectivity index (χ2n) is 6.66. The third-order valence-electron chi connectivity index (χ3n) is 5.03. The van der Waals surface area contributed by atoms with Crippen LogP contribution in [0.25, 0.3) is 0 Å². The minimum absolute atomic E-state index is 0.276. The van der Waals surface area contributed by atoms with Gasteiger partial charge in [0.25, 0.3) is 0 Å². The van der Waals surface area contributed by atoms with Crippen LogP contribution in [-0.2, 0) is 6.54 Å². The zero-order chi connectivity index (χ0) is 15.6. The summed E-state index contributed by atoms with van der Waals surface area (Å²) in [6.07, 6.45) is 2.99. The van der Waals surface area contributed by atoms with Crippen LogP contribution < -0.4 is 10.1 Å². The monoisotopic (exact) mass is 296 g/mol. The second kappa shape index (κ2) is 6.09. The van der Waals surface area contributed by atoms with Crippen molar-refractivity contribution in [2.75, 3.05) is 7.11 Å². The van der Waals surface area contributed by atoms with Crippen LogP contribution in [0.2, 0.25) is 0 Å². The number of rotatable bonds is 5. The molecule has 0 spiro atoms. The van der Waals surface area contributed by atoms with Crippen LogP contribution in [0.15, 0.2) is 48.7 Å². The van der Waals surface area contributed by atoms with Gasteiger partial charge in [-0.1, -0.05) is 44.2 Å². The smallest absolute Gasteiger partial charge is 0.213 e. The number of ether oxygens (including phenoxy) is 1. The lowest BCUT2D eigenvalue weighted by molar-refractivity contribution is 0.0678. The predicted octanol–water partition coefficient (Wildman–Crippen LogP) is 3.76. The molecule has 0 amide bonds. The first-order valence-electron chi connectivity index (χ1n) is 7.88. The highest BCUT2D eigenvalue weighted by molar-refractivity contribution is 5.27. The number of pyridine rings is 1. The molecule has 1 aromatic carbocycles. The molecule has 2 unspecified atom stereocenters. The van der Waals surface area contributed by atoms with Crippen molar-refractivity contribution in [3.63, 3.8) is 0 Å². The average molecular weight is 296 g/mol. The number of hydrogen-bond donors (Lipinski definition) is 1. The summed E-state index contributed by atoms with van der Waals surface area (Å²) in [4.78, 5) is 4.15. The highest BCUT2D eigenvalue weighted by Gasteiger charge is 2.48. The van der Waals surface area contributed by atoms with E-state index in [-0.39, 0.29) is 5.41 Å². The summed E-state index contributed by atoms with van der Waals surface area (Å²) in [7, 11) is 1.65. The molecule has 1 N–H and O–H groups in total. The highest BCUT2D eigenvalue weighted by atomic mass is 16.5. The average Bonchev–Trinajstić information content (AvgIpc) is 2.55. The van der Waals surface area contributed by atoms with Crippen molar-refractivity contribution in [3.8, 4) is 5.88 Å². The first-order chi connectivity index (χ1) is 10.6. The van der Waals surface area contributed by atoms with Crippen LogP contribution in [0.5, 0.6) is 5.88 Å². The van der Waals surface area contributed by atoms with E-state index in [0.29, 0.717) is 17.8 Å². The van der Waals surface area contributed by atoms with Crippen molar-refractivity contribution in [2.24, 2.45) is 5.41 Å². The van der Waals surface area contributed by atoms with Crippen LogP contribution in [0.1, 0.15) is 37.3 Å². The zero-order valence-electron chi connectivity index (χ0n) is 13.5. The van der Waals surface area contributed by atoms with Gasteiger partial charge in [-0.15, -0.1) is 0 Å². The number of nitrogens with zero attached hydrogens (tertiary/aromatic N) is 1. The van der Waals surface area contributed by atoms with Crippen LogP contribution in [0, 0.1) is 5.41 Å². The van der Waals surface area contributed by atoms with Gasteiger partial charge in [-0.3, -0.25) is 0 Å². The molecule has 0 radical (unpaired) electrons. The lowest BCUT2D eigenvalue weighted by Gasteiger charge is -2.53. The second-order valence-corrected chi connectivity index (χ2v) is 6.66. The lowest BCUT2D eigenvalue weighted by Crippen LogP contribution is -2.55. The van der Waals surface area contributed by atoms with E-state index in [0.717, 1.165) is 6.54 Å². The van der Waals surface area contributed by atoms with E-state index in [1.54, 1.807) is 13.3 Å². The maximum absolute atomic E-state index is 5.18. The third kappa shape index (κ3) is 2.86. The van der Waals surface area contributed by atoms with Gasteiger partial charge >= 0.3 is 0 Å². The Morgan fingerprint density at radius 1 is 1.23 bits per heavy atom. The lowest BCUT2D eigenvalue weighted by atomic mass is 9.56. The Hall–Kier alpha value is -1.87. The Balaban J connectivity index is 1.61. The van der Waals surface area contributed by atoms with Crippen LogP contribution in [0.3, 0.4) is 0 Å². The Labute approximate surface area is 132 Å². The quantitative estimate of drug-likeness (QED) is 0.912. The standard InChI is InChI=1S/C19H24N2O/c1-19(2)16(15-7-5-4-6-8-15)12-17(19)21-13-14-9-10-20-18(11-14)22-3/h4-11,16-17,21H,12-13H2,1-3H3. The summed E-state index contributed by atoms with van der Waals surface area (Å²) in [5.41, 5.74) is 2.94. The van der Waals surface area contributed by atoms with Gasteiger partial charge in [0.1, 0.15) is 0 Å². The van der Waals surface area contributed by atoms with Gasteiger partial charge in [0.2, 0.25) is 5.88 Å². The van der Waals surface area contributed by atoms with Gasteiger partial charge in [0.05, 0.1) is 7.11 Å². The number of methoxy groups -OCH3 is 1. The Kier molecular flexibility index (Phi) is 4.16. The molecule has 1 aliphatic rings. The predicted molar refractivity (Wildman–Crippen MR) is 89.0 cm³/mol. The molecule has 3 nitrogen and oxygen atoms in total. The largest absolute Gasteiger partial charge is 0.481 e. The highest BCUT2D eigenvalue weighted by Crippen LogP contribution is 2.52. The fourth-order valence-electron chi connectivity index (χ4n) is 3.44. The van der Waals surface area contributed by atoms with Crippen molar-refractivity contribution in [2.45, 2.75) is 38.8 Å².